The Bertz CT molecular complexity index is 36.4. The summed E-state index contributed by atoms with van der Waals surface area (Å²) < 4.78 is 9.56. The van der Waals surface area contributed by atoms with Gasteiger partial charge < -0.3 is 16.4 Å². The summed E-state index contributed by atoms with van der Waals surface area (Å²) in [6, 6.07) is 0. The first-order chi connectivity index (χ1) is 2.73. The maximum atomic E-state index is 9.56. The van der Waals surface area contributed by atoms with Crippen LogP contribution < -0.4 is 29.6 Å². The topological polar surface area (TPSA) is 46.8 Å². The van der Waals surface area contributed by atoms with E-state index in [-0.39, 0.29) is 29.6 Å². The van der Waals surface area contributed by atoms with Crippen molar-refractivity contribution in [2.45, 2.75) is 0 Å². The molecule has 0 bridgehead atoms. The average Bonchev–Trinajstić information content (AvgIpc) is 1.41. The molecule has 0 unspecified atom stereocenters. The van der Waals surface area contributed by atoms with Gasteiger partial charge in [0.25, 0.3) is 0 Å². The summed E-state index contributed by atoms with van der Waals surface area (Å²) in [6.45, 7) is 4.75. The zero-order valence-electron chi connectivity index (χ0n) is 4.76. The molecule has 0 radical (unpaired) electrons. The van der Waals surface area contributed by atoms with Gasteiger partial charge in [-0.3, -0.25) is 0 Å². The molecule has 0 saturated heterocycles. The molecule has 0 N–H and O–H groups in total. The molecule has 2 nitrogen and oxygen atoms in total. The minimum atomic E-state index is -0.611. The normalized spacial score (nSPS) is 5.43. The summed E-state index contributed by atoms with van der Waals surface area (Å²) in [5.41, 5.74) is 0. The summed E-state index contributed by atoms with van der Waals surface area (Å²) in [6.07, 6.45) is 3.28. The van der Waals surface area contributed by atoms with E-state index >= 15 is 0 Å². The van der Waals surface area contributed by atoms with E-state index in [9.17, 15) is 4.55 Å². The molecule has 0 spiro atoms. The van der Waals surface area contributed by atoms with Crippen molar-refractivity contribution in [2.75, 3.05) is 12.5 Å². The van der Waals surface area contributed by atoms with Gasteiger partial charge in [0.05, 0.1) is 12.5 Å². The van der Waals surface area contributed by atoms with Crippen molar-refractivity contribution in [3.63, 3.8) is 0 Å². The van der Waals surface area contributed by atoms with Gasteiger partial charge >= 0.3 is 29.6 Å². The molecule has 0 aliphatic carbocycles. The first-order valence-electron chi connectivity index (χ1n) is 1.21. The Morgan fingerprint density at radius 2 is 1.43 bits per heavy atom. The van der Waals surface area contributed by atoms with Crippen LogP contribution >= 0.6 is 0 Å². The van der Waals surface area contributed by atoms with Crippen molar-refractivity contribution in [3.8, 4) is 0 Å². The Hall–Kier alpha value is 0.800. The molecule has 36 valence electrons. The largest absolute Gasteiger partial charge is 1.00 e. The standard InChI is InChI=1S/C2H6OS.CN.Na/c1-4(2)3;1-2;/h1-2H3;;/q;-1;+1. The maximum absolute atomic E-state index is 9.56. The first kappa shape index (κ1) is 15.7. The van der Waals surface area contributed by atoms with Crippen molar-refractivity contribution in [3.05, 3.63) is 6.57 Å². The average molecular weight is 127 g/mol. The number of rotatable bonds is 0. The molecule has 0 fully saturated rings. The van der Waals surface area contributed by atoms with Crippen LogP contribution in [0.3, 0.4) is 0 Å². The third kappa shape index (κ3) is 245. The van der Waals surface area contributed by atoms with E-state index < -0.39 is 11.2 Å². The van der Waals surface area contributed by atoms with Crippen molar-refractivity contribution in [2.24, 2.45) is 0 Å². The monoisotopic (exact) mass is 127 g/mol. The smallest absolute Gasteiger partial charge is 0.617 e. The summed E-state index contributed by atoms with van der Waals surface area (Å²) in [7, 11) is 0. The molecule has 4 heteroatoms. The Kier molecular flexibility index (Phi) is 35.4. The van der Waals surface area contributed by atoms with Gasteiger partial charge in [-0.25, -0.2) is 0 Å². The second-order valence-corrected chi connectivity index (χ2v) is 2.22. The minimum Gasteiger partial charge on any atom is -0.617 e. The molecule has 0 heterocycles. The SMILES string of the molecule is C[S+](C)[O-].[C-]#N.[Na+]. The maximum Gasteiger partial charge on any atom is 1.00 e. The molecular weight excluding hydrogens is 121 g/mol. The first-order valence-corrected chi connectivity index (χ1v) is 3.17. The molecule has 0 aromatic heterocycles. The molecule has 0 aliphatic rings. The van der Waals surface area contributed by atoms with Crippen LogP contribution in [-0.2, 0) is 11.2 Å². The Morgan fingerprint density at radius 3 is 1.43 bits per heavy atom. The van der Waals surface area contributed by atoms with Crippen LogP contribution in [0.4, 0.5) is 0 Å². The molecular formula is C3H6NNaOS. The van der Waals surface area contributed by atoms with E-state index in [1.54, 1.807) is 12.5 Å². The molecule has 0 amide bonds. The van der Waals surface area contributed by atoms with Crippen LogP contribution in [0.15, 0.2) is 0 Å². The minimum absolute atomic E-state index is 0. The molecule has 0 aromatic carbocycles. The van der Waals surface area contributed by atoms with Gasteiger partial charge in [-0.2, -0.15) is 0 Å². The van der Waals surface area contributed by atoms with Crippen molar-refractivity contribution in [1.29, 1.82) is 5.26 Å². The second-order valence-electron chi connectivity index (χ2n) is 0.742. The predicted molar refractivity (Wildman–Crippen MR) is 25.0 cm³/mol. The van der Waals surface area contributed by atoms with E-state index in [1.165, 1.54) is 0 Å². The van der Waals surface area contributed by atoms with Crippen LogP contribution in [0.1, 0.15) is 0 Å². The van der Waals surface area contributed by atoms with Crippen molar-refractivity contribution >= 4 is 11.2 Å². The zero-order chi connectivity index (χ0) is 5.58. The summed E-state index contributed by atoms with van der Waals surface area (Å²) in [5, 5.41) is 6.25. The molecule has 0 aromatic rings. The van der Waals surface area contributed by atoms with Gasteiger partial charge in [0.1, 0.15) is 0 Å². The second kappa shape index (κ2) is 15.8. The van der Waals surface area contributed by atoms with Crippen LogP contribution in [-0.4, -0.2) is 17.1 Å². The Morgan fingerprint density at radius 1 is 1.43 bits per heavy atom. The van der Waals surface area contributed by atoms with E-state index in [4.69, 9.17) is 11.8 Å². The molecule has 0 rings (SSSR count). The summed E-state index contributed by atoms with van der Waals surface area (Å²) in [4.78, 5) is 0. The van der Waals surface area contributed by atoms with Crippen molar-refractivity contribution in [1.82, 2.24) is 0 Å². The van der Waals surface area contributed by atoms with Gasteiger partial charge in [0, 0.05) is 0 Å². The predicted octanol–water partition coefficient (Wildman–Crippen LogP) is -2.90. The Labute approximate surface area is 69.4 Å². The quantitative estimate of drug-likeness (QED) is 0.199. The van der Waals surface area contributed by atoms with Gasteiger partial charge in [-0.1, -0.05) is 11.2 Å². The third-order valence-electron chi connectivity index (χ3n) is 0. The fourth-order valence-corrected chi connectivity index (χ4v) is 0. The summed E-state index contributed by atoms with van der Waals surface area (Å²) in [5.74, 6) is 0. The zero-order valence-corrected chi connectivity index (χ0v) is 7.58. The van der Waals surface area contributed by atoms with Crippen LogP contribution in [0.5, 0.6) is 0 Å². The van der Waals surface area contributed by atoms with E-state index in [0.717, 1.165) is 0 Å². The molecule has 0 saturated carbocycles. The fraction of sp³-hybridized carbons (Fsp3) is 0.667. The van der Waals surface area contributed by atoms with Crippen LogP contribution in [0.2, 0.25) is 0 Å². The summed E-state index contributed by atoms with van der Waals surface area (Å²) >= 11 is -0.611. The Balaban J connectivity index is -0.0000000480. The van der Waals surface area contributed by atoms with Gasteiger partial charge in [0.15, 0.2) is 0 Å². The van der Waals surface area contributed by atoms with Crippen LogP contribution in [0.25, 0.3) is 0 Å². The van der Waals surface area contributed by atoms with Crippen molar-refractivity contribution < 1.29 is 34.1 Å². The number of nitrogens with zero attached hydrogens (tertiary/aromatic N) is 1. The molecule has 0 aliphatic heterocycles. The van der Waals surface area contributed by atoms with Gasteiger partial charge in [-0.05, 0) is 0 Å². The number of hydrogen-bond donors (Lipinski definition) is 0. The van der Waals surface area contributed by atoms with E-state index in [1.807, 2.05) is 0 Å². The van der Waals surface area contributed by atoms with E-state index in [0.29, 0.717) is 0 Å². The number of hydrogen-bond acceptors (Lipinski definition) is 2. The van der Waals surface area contributed by atoms with E-state index in [2.05, 4.69) is 0 Å². The molecule has 7 heavy (non-hydrogen) atoms. The van der Waals surface area contributed by atoms with Crippen LogP contribution in [0, 0.1) is 11.8 Å². The fourth-order valence-electron chi connectivity index (χ4n) is 0. The van der Waals surface area contributed by atoms with Gasteiger partial charge in [-0.15, -0.1) is 0 Å². The van der Waals surface area contributed by atoms with Gasteiger partial charge in [0.2, 0.25) is 0 Å². The third-order valence-corrected chi connectivity index (χ3v) is 0. The molecule has 0 atom stereocenters.